The van der Waals surface area contributed by atoms with E-state index in [1.165, 1.54) is 5.56 Å². The molecule has 0 unspecified atom stereocenters. The highest BCUT2D eigenvalue weighted by molar-refractivity contribution is 5.91. The first-order valence-electron chi connectivity index (χ1n) is 8.94. The number of anilines is 2. The average molecular weight is 347 g/mol. The molecule has 6 heteroatoms. The van der Waals surface area contributed by atoms with Crippen LogP contribution in [0.5, 0.6) is 0 Å². The van der Waals surface area contributed by atoms with Crippen molar-refractivity contribution in [1.29, 1.82) is 5.26 Å². The number of rotatable bonds is 4. The van der Waals surface area contributed by atoms with Gasteiger partial charge in [-0.3, -0.25) is 9.48 Å². The maximum absolute atomic E-state index is 12.5. The van der Waals surface area contributed by atoms with Gasteiger partial charge in [0.2, 0.25) is 0 Å². The van der Waals surface area contributed by atoms with E-state index in [9.17, 15) is 10.1 Å². The molecule has 2 aromatic heterocycles. The molecule has 1 aliphatic carbocycles. The number of hydrogen-bond acceptors (Lipinski definition) is 4. The molecule has 0 atom stereocenters. The van der Waals surface area contributed by atoms with Crippen LogP contribution in [0.25, 0.3) is 10.9 Å². The predicted octanol–water partition coefficient (Wildman–Crippen LogP) is 3.96. The first-order valence-corrected chi connectivity index (χ1v) is 8.94. The van der Waals surface area contributed by atoms with Crippen molar-refractivity contribution in [2.45, 2.75) is 44.6 Å². The molecule has 2 heterocycles. The molecule has 0 spiro atoms. The number of hydrogen-bond donors (Lipinski definition) is 2. The second-order valence-electron chi connectivity index (χ2n) is 7.08. The lowest BCUT2D eigenvalue weighted by Gasteiger charge is -2.27. The number of aryl methyl sites for hydroxylation is 1. The van der Waals surface area contributed by atoms with Crippen molar-refractivity contribution in [1.82, 2.24) is 14.8 Å². The Kier molecular flexibility index (Phi) is 4.00. The minimum Gasteiger partial charge on any atom is -0.338 e. The van der Waals surface area contributed by atoms with Crippen LogP contribution in [0.15, 0.2) is 41.3 Å². The van der Waals surface area contributed by atoms with Gasteiger partial charge in [-0.05, 0) is 38.0 Å². The Morgan fingerprint density at radius 1 is 1.27 bits per heavy atom. The van der Waals surface area contributed by atoms with Crippen LogP contribution in [0.4, 0.5) is 11.5 Å². The van der Waals surface area contributed by atoms with Crippen LogP contribution >= 0.6 is 0 Å². The normalized spacial score (nSPS) is 15.8. The summed E-state index contributed by atoms with van der Waals surface area (Å²) in [5, 5.41) is 18.0. The number of aromatic amines is 1. The Morgan fingerprint density at radius 3 is 2.69 bits per heavy atom. The minimum absolute atomic E-state index is 0.173. The number of H-pyrrole nitrogens is 1. The van der Waals surface area contributed by atoms with E-state index in [1.54, 1.807) is 6.20 Å². The summed E-state index contributed by atoms with van der Waals surface area (Å²) in [6.45, 7) is 2.03. The van der Waals surface area contributed by atoms with Crippen molar-refractivity contribution in [3.8, 4) is 6.07 Å². The van der Waals surface area contributed by atoms with Crippen LogP contribution in [-0.2, 0) is 5.54 Å². The molecule has 1 saturated carbocycles. The molecule has 0 aliphatic heterocycles. The second kappa shape index (κ2) is 6.34. The van der Waals surface area contributed by atoms with E-state index in [0.29, 0.717) is 17.6 Å². The van der Waals surface area contributed by atoms with Crippen molar-refractivity contribution in [3.05, 3.63) is 52.4 Å². The summed E-state index contributed by atoms with van der Waals surface area (Å²) in [7, 11) is 0. The van der Waals surface area contributed by atoms with Gasteiger partial charge in [-0.15, -0.1) is 0 Å². The number of pyridine rings is 1. The van der Waals surface area contributed by atoms with Gasteiger partial charge in [0, 0.05) is 11.9 Å². The Hall–Kier alpha value is -3.07. The van der Waals surface area contributed by atoms with E-state index in [2.05, 4.69) is 16.4 Å². The van der Waals surface area contributed by atoms with E-state index >= 15 is 0 Å². The summed E-state index contributed by atoms with van der Waals surface area (Å²) >= 11 is 0. The molecule has 26 heavy (non-hydrogen) atoms. The number of benzene rings is 1. The van der Waals surface area contributed by atoms with Gasteiger partial charge in [0.1, 0.15) is 5.39 Å². The van der Waals surface area contributed by atoms with Gasteiger partial charge < -0.3 is 10.3 Å². The summed E-state index contributed by atoms with van der Waals surface area (Å²) in [5.41, 5.74) is 2.33. The van der Waals surface area contributed by atoms with E-state index in [0.717, 1.165) is 36.9 Å². The average Bonchev–Trinajstić information content (AvgIpc) is 3.24. The molecule has 1 fully saturated rings. The third-order valence-electron chi connectivity index (χ3n) is 5.31. The summed E-state index contributed by atoms with van der Waals surface area (Å²) in [6.07, 6.45) is 6.02. The van der Waals surface area contributed by atoms with E-state index in [1.807, 2.05) is 41.9 Å². The van der Waals surface area contributed by atoms with Crippen LogP contribution in [0.2, 0.25) is 0 Å². The smallest absolute Gasteiger partial charge is 0.261 e. The number of nitrogens with one attached hydrogen (secondary N) is 2. The van der Waals surface area contributed by atoms with Crippen molar-refractivity contribution >= 4 is 22.4 Å². The second-order valence-corrected chi connectivity index (χ2v) is 7.08. The van der Waals surface area contributed by atoms with Crippen molar-refractivity contribution in [2.24, 2.45) is 0 Å². The van der Waals surface area contributed by atoms with Gasteiger partial charge in [0.25, 0.3) is 5.56 Å². The molecule has 4 rings (SSSR count). The molecular weight excluding hydrogens is 326 g/mol. The van der Waals surface area contributed by atoms with Gasteiger partial charge in [-0.2, -0.15) is 10.4 Å². The standard InChI is InChI=1S/C20H21N5O/c1-14-4-6-15(7-5-14)23-18-17-16(8-13-22-19(17)26)25(24-18)20(11-12-21)9-2-3-10-20/h4-8,13H,2-3,9-11H2,1H3,(H,22,26)(H,23,24). The summed E-state index contributed by atoms with van der Waals surface area (Å²) < 4.78 is 1.92. The Bertz CT molecular complexity index is 1030. The lowest BCUT2D eigenvalue weighted by molar-refractivity contribution is 0.280. The highest BCUT2D eigenvalue weighted by atomic mass is 16.1. The fraction of sp³-hybridized carbons (Fsp3) is 0.350. The molecule has 0 radical (unpaired) electrons. The summed E-state index contributed by atoms with van der Waals surface area (Å²) in [6, 6.07) is 12.2. The van der Waals surface area contributed by atoms with Crippen LogP contribution in [-0.4, -0.2) is 14.8 Å². The fourth-order valence-electron chi connectivity index (χ4n) is 3.94. The van der Waals surface area contributed by atoms with Crippen molar-refractivity contribution in [3.63, 3.8) is 0 Å². The van der Waals surface area contributed by atoms with E-state index in [4.69, 9.17) is 5.10 Å². The minimum atomic E-state index is -0.325. The quantitative estimate of drug-likeness (QED) is 0.748. The molecule has 0 bridgehead atoms. The van der Waals surface area contributed by atoms with Crippen molar-refractivity contribution in [2.75, 3.05) is 5.32 Å². The molecule has 6 nitrogen and oxygen atoms in total. The maximum Gasteiger partial charge on any atom is 0.261 e. The third kappa shape index (κ3) is 2.66. The first kappa shape index (κ1) is 16.4. The number of nitriles is 1. The summed E-state index contributed by atoms with van der Waals surface area (Å²) in [4.78, 5) is 15.3. The highest BCUT2D eigenvalue weighted by Gasteiger charge is 2.38. The van der Waals surface area contributed by atoms with Gasteiger partial charge in [-0.25, -0.2) is 0 Å². The Balaban J connectivity index is 1.88. The van der Waals surface area contributed by atoms with Crippen LogP contribution in [0.3, 0.4) is 0 Å². The monoisotopic (exact) mass is 347 g/mol. The SMILES string of the molecule is Cc1ccc(Nc2nn(C3(CC#N)CCCC3)c3cc[nH]c(=O)c23)cc1. The molecule has 3 aromatic rings. The molecule has 0 saturated heterocycles. The zero-order valence-electron chi connectivity index (χ0n) is 14.7. The summed E-state index contributed by atoms with van der Waals surface area (Å²) in [5.74, 6) is 0.537. The topological polar surface area (TPSA) is 86.5 Å². The zero-order valence-corrected chi connectivity index (χ0v) is 14.7. The van der Waals surface area contributed by atoms with Gasteiger partial charge in [0.05, 0.1) is 23.5 Å². The first-order chi connectivity index (χ1) is 12.6. The zero-order chi connectivity index (χ0) is 18.1. The van der Waals surface area contributed by atoms with Crippen LogP contribution in [0.1, 0.15) is 37.7 Å². The molecule has 1 aromatic carbocycles. The van der Waals surface area contributed by atoms with Gasteiger partial charge >= 0.3 is 0 Å². The number of aromatic nitrogens is 3. The Morgan fingerprint density at radius 2 is 2.00 bits per heavy atom. The number of nitrogens with zero attached hydrogens (tertiary/aromatic N) is 3. The lowest BCUT2D eigenvalue weighted by Crippen LogP contribution is -2.31. The predicted molar refractivity (Wildman–Crippen MR) is 101 cm³/mol. The number of fused-ring (bicyclic) bond motifs is 1. The van der Waals surface area contributed by atoms with Crippen LogP contribution < -0.4 is 10.9 Å². The van der Waals surface area contributed by atoms with Gasteiger partial charge in [0.15, 0.2) is 5.82 Å². The highest BCUT2D eigenvalue weighted by Crippen LogP contribution is 2.41. The lowest BCUT2D eigenvalue weighted by atomic mass is 9.94. The van der Waals surface area contributed by atoms with Gasteiger partial charge in [-0.1, -0.05) is 30.5 Å². The molecule has 2 N–H and O–H groups in total. The molecule has 132 valence electrons. The van der Waals surface area contributed by atoms with Crippen molar-refractivity contribution < 1.29 is 0 Å². The maximum atomic E-state index is 12.5. The van der Waals surface area contributed by atoms with E-state index in [-0.39, 0.29) is 11.1 Å². The largest absolute Gasteiger partial charge is 0.338 e. The van der Waals surface area contributed by atoms with E-state index < -0.39 is 0 Å². The molecular formula is C20H21N5O. The molecule has 0 amide bonds. The molecule has 1 aliphatic rings. The third-order valence-corrected chi connectivity index (χ3v) is 5.31. The fourth-order valence-corrected chi connectivity index (χ4v) is 3.94. The Labute approximate surface area is 151 Å². The van der Waals surface area contributed by atoms with Crippen LogP contribution in [0, 0.1) is 18.3 Å².